The third-order valence-electron chi connectivity index (χ3n) is 3.26. The minimum Gasteiger partial charge on any atom is -0.493 e. The predicted molar refractivity (Wildman–Crippen MR) is 74.1 cm³/mol. The van der Waals surface area contributed by atoms with Gasteiger partial charge in [-0.1, -0.05) is 12.1 Å². The first-order chi connectivity index (χ1) is 9.35. The number of nitrogens with zero attached hydrogens (tertiary/aromatic N) is 1. The zero-order valence-corrected chi connectivity index (χ0v) is 10.5. The number of ether oxygens (including phenoxy) is 1. The van der Waals surface area contributed by atoms with Crippen LogP contribution in [0.1, 0.15) is 16.7 Å². The number of hydrogen-bond acceptors (Lipinski definition) is 3. The Morgan fingerprint density at radius 1 is 1.16 bits per heavy atom. The van der Waals surface area contributed by atoms with Gasteiger partial charge < -0.3 is 10.1 Å². The fourth-order valence-electron chi connectivity index (χ4n) is 2.22. The quantitative estimate of drug-likeness (QED) is 0.910. The SMILES string of the molecule is N#Cc1ccc(NCc2ccc3c(c2)CCO3)cc1. The molecule has 0 aromatic heterocycles. The van der Waals surface area contributed by atoms with E-state index in [-0.39, 0.29) is 0 Å². The van der Waals surface area contributed by atoms with E-state index in [0.717, 1.165) is 31.0 Å². The Bertz CT molecular complexity index is 626. The number of benzene rings is 2. The third-order valence-corrected chi connectivity index (χ3v) is 3.26. The lowest BCUT2D eigenvalue weighted by Crippen LogP contribution is -1.99. The second-order valence-electron chi connectivity index (χ2n) is 4.58. The van der Waals surface area contributed by atoms with Crippen LogP contribution in [0.5, 0.6) is 5.75 Å². The molecule has 0 atom stereocenters. The standard InChI is InChI=1S/C16H14N2O/c17-10-12-1-4-15(5-2-12)18-11-13-3-6-16-14(9-13)7-8-19-16/h1-6,9,18H,7-8,11H2. The highest BCUT2D eigenvalue weighted by molar-refractivity contribution is 5.48. The van der Waals surface area contributed by atoms with E-state index in [9.17, 15) is 0 Å². The Hall–Kier alpha value is -2.47. The lowest BCUT2D eigenvalue weighted by atomic mass is 10.1. The van der Waals surface area contributed by atoms with Crippen molar-refractivity contribution in [2.24, 2.45) is 0 Å². The van der Waals surface area contributed by atoms with Crippen molar-refractivity contribution in [1.82, 2.24) is 0 Å². The van der Waals surface area contributed by atoms with Crippen molar-refractivity contribution in [1.29, 1.82) is 5.26 Å². The second-order valence-corrected chi connectivity index (χ2v) is 4.58. The van der Waals surface area contributed by atoms with Crippen molar-refractivity contribution in [3.05, 3.63) is 59.2 Å². The van der Waals surface area contributed by atoms with Gasteiger partial charge in [-0.2, -0.15) is 5.26 Å². The molecule has 0 bridgehead atoms. The zero-order chi connectivity index (χ0) is 13.1. The summed E-state index contributed by atoms with van der Waals surface area (Å²) >= 11 is 0. The van der Waals surface area contributed by atoms with Crippen LogP contribution in [0.3, 0.4) is 0 Å². The Labute approximate surface area is 112 Å². The molecule has 0 saturated heterocycles. The highest BCUT2D eigenvalue weighted by Gasteiger charge is 2.11. The van der Waals surface area contributed by atoms with Gasteiger partial charge in [0.05, 0.1) is 18.2 Å². The predicted octanol–water partition coefficient (Wildman–Crippen LogP) is 3.11. The molecule has 3 nitrogen and oxygen atoms in total. The third kappa shape index (κ3) is 2.53. The van der Waals surface area contributed by atoms with Crippen LogP contribution < -0.4 is 10.1 Å². The van der Waals surface area contributed by atoms with Crippen LogP contribution in [0, 0.1) is 11.3 Å². The average molecular weight is 250 g/mol. The van der Waals surface area contributed by atoms with Gasteiger partial charge in [-0.15, -0.1) is 0 Å². The molecule has 1 aliphatic heterocycles. The summed E-state index contributed by atoms with van der Waals surface area (Å²) in [6.45, 7) is 1.57. The van der Waals surface area contributed by atoms with Crippen LogP contribution >= 0.6 is 0 Å². The van der Waals surface area contributed by atoms with Gasteiger partial charge in [0, 0.05) is 18.7 Å². The van der Waals surface area contributed by atoms with E-state index < -0.39 is 0 Å². The first kappa shape index (κ1) is 11.6. The first-order valence-electron chi connectivity index (χ1n) is 6.34. The fourth-order valence-corrected chi connectivity index (χ4v) is 2.22. The smallest absolute Gasteiger partial charge is 0.122 e. The highest BCUT2D eigenvalue weighted by atomic mass is 16.5. The van der Waals surface area contributed by atoms with Crippen LogP contribution in [-0.4, -0.2) is 6.61 Å². The van der Waals surface area contributed by atoms with Crippen LogP contribution in [0.4, 0.5) is 5.69 Å². The van der Waals surface area contributed by atoms with Crippen LogP contribution in [0.15, 0.2) is 42.5 Å². The Balaban J connectivity index is 1.67. The largest absolute Gasteiger partial charge is 0.493 e. The van der Waals surface area contributed by atoms with Crippen molar-refractivity contribution in [3.63, 3.8) is 0 Å². The van der Waals surface area contributed by atoms with Crippen molar-refractivity contribution >= 4 is 5.69 Å². The van der Waals surface area contributed by atoms with Crippen LogP contribution in [0.2, 0.25) is 0 Å². The number of anilines is 1. The topological polar surface area (TPSA) is 45.0 Å². The minimum absolute atomic E-state index is 0.681. The van der Waals surface area contributed by atoms with Crippen molar-refractivity contribution in [2.75, 3.05) is 11.9 Å². The van der Waals surface area contributed by atoms with Gasteiger partial charge in [0.15, 0.2) is 0 Å². The van der Waals surface area contributed by atoms with Gasteiger partial charge in [-0.05, 0) is 41.5 Å². The Kier molecular flexibility index (Phi) is 3.07. The van der Waals surface area contributed by atoms with E-state index in [2.05, 4.69) is 23.5 Å². The minimum atomic E-state index is 0.681. The number of rotatable bonds is 3. The summed E-state index contributed by atoms with van der Waals surface area (Å²) in [5.74, 6) is 1.02. The van der Waals surface area contributed by atoms with Crippen LogP contribution in [-0.2, 0) is 13.0 Å². The summed E-state index contributed by atoms with van der Waals surface area (Å²) in [5, 5.41) is 12.1. The van der Waals surface area contributed by atoms with E-state index in [4.69, 9.17) is 10.00 Å². The van der Waals surface area contributed by atoms with E-state index in [1.165, 1.54) is 11.1 Å². The zero-order valence-electron chi connectivity index (χ0n) is 10.5. The highest BCUT2D eigenvalue weighted by Crippen LogP contribution is 2.26. The van der Waals surface area contributed by atoms with E-state index in [0.29, 0.717) is 5.56 Å². The maximum atomic E-state index is 8.74. The molecule has 0 spiro atoms. The second kappa shape index (κ2) is 5.03. The molecule has 0 saturated carbocycles. The number of nitrogens with one attached hydrogen (secondary N) is 1. The molecule has 0 amide bonds. The first-order valence-corrected chi connectivity index (χ1v) is 6.34. The molecule has 0 radical (unpaired) electrons. The van der Waals surface area contributed by atoms with Crippen molar-refractivity contribution in [3.8, 4) is 11.8 Å². The van der Waals surface area contributed by atoms with Gasteiger partial charge >= 0.3 is 0 Å². The van der Waals surface area contributed by atoms with Gasteiger partial charge in [-0.25, -0.2) is 0 Å². The summed E-state index contributed by atoms with van der Waals surface area (Å²) in [4.78, 5) is 0. The van der Waals surface area contributed by atoms with E-state index in [1.54, 1.807) is 0 Å². The molecule has 1 heterocycles. The van der Waals surface area contributed by atoms with Gasteiger partial charge in [0.2, 0.25) is 0 Å². The van der Waals surface area contributed by atoms with E-state index in [1.807, 2.05) is 30.3 Å². The molecule has 1 N–H and O–H groups in total. The maximum absolute atomic E-state index is 8.74. The molecule has 3 heteroatoms. The molecule has 2 aromatic rings. The molecular weight excluding hydrogens is 236 g/mol. The maximum Gasteiger partial charge on any atom is 0.122 e. The molecule has 1 aliphatic rings. The van der Waals surface area contributed by atoms with Gasteiger partial charge in [0.25, 0.3) is 0 Å². The summed E-state index contributed by atoms with van der Waals surface area (Å²) in [5.41, 5.74) is 4.24. The molecule has 0 aliphatic carbocycles. The van der Waals surface area contributed by atoms with E-state index >= 15 is 0 Å². The number of nitriles is 1. The Morgan fingerprint density at radius 3 is 2.79 bits per heavy atom. The van der Waals surface area contributed by atoms with Gasteiger partial charge in [0.1, 0.15) is 5.75 Å². The van der Waals surface area contributed by atoms with Gasteiger partial charge in [-0.3, -0.25) is 0 Å². The summed E-state index contributed by atoms with van der Waals surface area (Å²) in [6, 6.07) is 15.9. The molecule has 0 fully saturated rings. The molecule has 0 unspecified atom stereocenters. The van der Waals surface area contributed by atoms with Crippen LogP contribution in [0.25, 0.3) is 0 Å². The lowest BCUT2D eigenvalue weighted by Gasteiger charge is -2.08. The lowest BCUT2D eigenvalue weighted by molar-refractivity contribution is 0.357. The summed E-state index contributed by atoms with van der Waals surface area (Å²) in [7, 11) is 0. The fraction of sp³-hybridized carbons (Fsp3) is 0.188. The molecule has 3 rings (SSSR count). The molecule has 19 heavy (non-hydrogen) atoms. The Morgan fingerprint density at radius 2 is 2.00 bits per heavy atom. The van der Waals surface area contributed by atoms with Crippen molar-refractivity contribution in [2.45, 2.75) is 13.0 Å². The summed E-state index contributed by atoms with van der Waals surface area (Å²) in [6.07, 6.45) is 1.00. The van der Waals surface area contributed by atoms with Crippen molar-refractivity contribution < 1.29 is 4.74 Å². The molecule has 94 valence electrons. The normalized spacial score (nSPS) is 12.4. The molecule has 2 aromatic carbocycles. The number of hydrogen-bond donors (Lipinski definition) is 1. The summed E-state index contributed by atoms with van der Waals surface area (Å²) < 4.78 is 5.49. The average Bonchev–Trinajstić information content (AvgIpc) is 2.93. The monoisotopic (exact) mass is 250 g/mol. The molecular formula is C16H14N2O. The number of fused-ring (bicyclic) bond motifs is 1.